The lowest BCUT2D eigenvalue weighted by Gasteiger charge is -2.21. The summed E-state index contributed by atoms with van der Waals surface area (Å²) in [4.78, 5) is 10.5. The van der Waals surface area contributed by atoms with Gasteiger partial charge < -0.3 is 15.7 Å². The number of rotatable bonds is 1. The molecule has 0 saturated carbocycles. The molecule has 3 N–H and O–H groups in total. The molecule has 0 aliphatic carbocycles. The molecule has 4 nitrogen and oxygen atoms in total. The molecule has 1 heterocycles. The molecule has 4 heteroatoms. The first-order valence-corrected chi connectivity index (χ1v) is 2.94. The Hall–Kier alpha value is -0.610. The van der Waals surface area contributed by atoms with E-state index in [1.165, 1.54) is 0 Å². The van der Waals surface area contributed by atoms with Crippen LogP contribution in [0.1, 0.15) is 0 Å². The summed E-state index contributed by atoms with van der Waals surface area (Å²) in [5.41, 5.74) is 0. The molecule has 0 unspecified atom stereocenters. The highest BCUT2D eigenvalue weighted by atomic mass is 16.3. The van der Waals surface area contributed by atoms with Crippen molar-refractivity contribution in [3.63, 3.8) is 0 Å². The van der Waals surface area contributed by atoms with Crippen LogP contribution in [-0.2, 0) is 4.79 Å². The van der Waals surface area contributed by atoms with Gasteiger partial charge in [0.05, 0.1) is 19.2 Å². The molecule has 0 aromatic carbocycles. The standard InChI is InChI=1S/C5H10N2O2/c8-3-4-1-6-2-5(9)7-4/h4,6,8H,1-3H2,(H,7,9)/t4-/m0/s1. The molecule has 1 fully saturated rings. The third-order valence-electron chi connectivity index (χ3n) is 1.26. The van der Waals surface area contributed by atoms with E-state index in [4.69, 9.17) is 5.11 Å². The molecule has 52 valence electrons. The van der Waals surface area contributed by atoms with E-state index in [0.29, 0.717) is 13.1 Å². The first-order valence-electron chi connectivity index (χ1n) is 2.94. The Bertz CT molecular complexity index is 116. The zero-order valence-corrected chi connectivity index (χ0v) is 5.05. The second kappa shape index (κ2) is 2.80. The van der Waals surface area contributed by atoms with E-state index in [0.717, 1.165) is 0 Å². The van der Waals surface area contributed by atoms with E-state index in [2.05, 4.69) is 10.6 Å². The quantitative estimate of drug-likeness (QED) is 0.387. The van der Waals surface area contributed by atoms with Gasteiger partial charge in [-0.1, -0.05) is 0 Å². The molecule has 1 rings (SSSR count). The first kappa shape index (κ1) is 6.51. The van der Waals surface area contributed by atoms with Gasteiger partial charge in [0.1, 0.15) is 0 Å². The minimum absolute atomic E-state index is 0.0126. The molecule has 1 saturated heterocycles. The van der Waals surface area contributed by atoms with Crippen molar-refractivity contribution in [1.82, 2.24) is 10.6 Å². The van der Waals surface area contributed by atoms with Crippen LogP contribution in [0.4, 0.5) is 0 Å². The second-order valence-electron chi connectivity index (χ2n) is 2.08. The number of carbonyl (C=O) groups is 1. The normalized spacial score (nSPS) is 27.7. The Balaban J connectivity index is 2.32. The maximum atomic E-state index is 10.5. The van der Waals surface area contributed by atoms with Crippen molar-refractivity contribution in [2.45, 2.75) is 6.04 Å². The fourth-order valence-electron chi connectivity index (χ4n) is 0.800. The van der Waals surface area contributed by atoms with E-state index in [1.54, 1.807) is 0 Å². The van der Waals surface area contributed by atoms with Gasteiger partial charge in [0.2, 0.25) is 5.91 Å². The van der Waals surface area contributed by atoms with Crippen LogP contribution < -0.4 is 10.6 Å². The van der Waals surface area contributed by atoms with E-state index in [-0.39, 0.29) is 18.6 Å². The number of nitrogens with one attached hydrogen (secondary N) is 2. The van der Waals surface area contributed by atoms with Crippen LogP contribution in [-0.4, -0.2) is 36.8 Å². The lowest BCUT2D eigenvalue weighted by molar-refractivity contribution is -0.122. The summed E-state index contributed by atoms with van der Waals surface area (Å²) in [6.07, 6.45) is 0. The minimum Gasteiger partial charge on any atom is -0.394 e. The van der Waals surface area contributed by atoms with Gasteiger partial charge in [0.25, 0.3) is 0 Å². The number of hydrogen-bond donors (Lipinski definition) is 3. The molecular formula is C5H10N2O2. The van der Waals surface area contributed by atoms with Gasteiger partial charge >= 0.3 is 0 Å². The Morgan fingerprint density at radius 3 is 3.00 bits per heavy atom. The molecule has 0 spiro atoms. The Kier molecular flexibility index (Phi) is 2.02. The third-order valence-corrected chi connectivity index (χ3v) is 1.26. The Morgan fingerprint density at radius 2 is 2.56 bits per heavy atom. The number of hydrogen-bond acceptors (Lipinski definition) is 3. The summed E-state index contributed by atoms with van der Waals surface area (Å²) in [5.74, 6) is -0.0414. The maximum absolute atomic E-state index is 10.5. The Labute approximate surface area is 53.2 Å². The fourth-order valence-corrected chi connectivity index (χ4v) is 0.800. The average molecular weight is 130 g/mol. The third kappa shape index (κ3) is 1.65. The molecule has 1 aliphatic heterocycles. The van der Waals surface area contributed by atoms with E-state index in [1.807, 2.05) is 0 Å². The van der Waals surface area contributed by atoms with Crippen LogP contribution in [0.2, 0.25) is 0 Å². The van der Waals surface area contributed by atoms with Gasteiger partial charge in [-0.3, -0.25) is 4.79 Å². The monoisotopic (exact) mass is 130 g/mol. The number of aliphatic hydroxyl groups is 1. The van der Waals surface area contributed by atoms with Gasteiger partial charge in [-0.05, 0) is 0 Å². The van der Waals surface area contributed by atoms with E-state index in [9.17, 15) is 4.79 Å². The van der Waals surface area contributed by atoms with Gasteiger partial charge in [0.15, 0.2) is 0 Å². The van der Waals surface area contributed by atoms with Crippen LogP contribution in [0.25, 0.3) is 0 Å². The number of amides is 1. The van der Waals surface area contributed by atoms with Crippen molar-refractivity contribution in [3.05, 3.63) is 0 Å². The van der Waals surface area contributed by atoms with Gasteiger partial charge in [-0.15, -0.1) is 0 Å². The molecule has 9 heavy (non-hydrogen) atoms. The topological polar surface area (TPSA) is 61.4 Å². The highest BCUT2D eigenvalue weighted by molar-refractivity contribution is 5.79. The van der Waals surface area contributed by atoms with Gasteiger partial charge in [0, 0.05) is 6.54 Å². The number of carbonyl (C=O) groups excluding carboxylic acids is 1. The lowest BCUT2D eigenvalue weighted by Crippen LogP contribution is -2.53. The molecular weight excluding hydrogens is 120 g/mol. The predicted molar refractivity (Wildman–Crippen MR) is 31.9 cm³/mol. The summed E-state index contributed by atoms with van der Waals surface area (Å²) >= 11 is 0. The number of aliphatic hydroxyl groups excluding tert-OH is 1. The van der Waals surface area contributed by atoms with Crippen molar-refractivity contribution in [2.24, 2.45) is 0 Å². The van der Waals surface area contributed by atoms with Crippen LogP contribution in [0, 0.1) is 0 Å². The zero-order chi connectivity index (χ0) is 6.69. The van der Waals surface area contributed by atoms with Gasteiger partial charge in [-0.25, -0.2) is 0 Å². The van der Waals surface area contributed by atoms with Crippen molar-refractivity contribution >= 4 is 5.91 Å². The first-order chi connectivity index (χ1) is 4.33. The summed E-state index contributed by atoms with van der Waals surface area (Å²) in [6, 6.07) is -0.0914. The highest BCUT2D eigenvalue weighted by Gasteiger charge is 2.15. The number of piperazine rings is 1. The maximum Gasteiger partial charge on any atom is 0.234 e. The van der Waals surface area contributed by atoms with Crippen LogP contribution in [0.5, 0.6) is 0 Å². The molecule has 1 atom stereocenters. The summed E-state index contributed by atoms with van der Waals surface area (Å²) in [7, 11) is 0. The molecule has 0 radical (unpaired) electrons. The zero-order valence-electron chi connectivity index (χ0n) is 5.05. The molecule has 0 aromatic heterocycles. The summed E-state index contributed by atoms with van der Waals surface area (Å²) in [6.45, 7) is 1.05. The molecule has 1 aliphatic rings. The van der Waals surface area contributed by atoms with Crippen LogP contribution in [0.3, 0.4) is 0 Å². The van der Waals surface area contributed by atoms with Crippen molar-refractivity contribution < 1.29 is 9.90 Å². The average Bonchev–Trinajstić information content (AvgIpc) is 1.88. The van der Waals surface area contributed by atoms with Crippen molar-refractivity contribution in [3.8, 4) is 0 Å². The van der Waals surface area contributed by atoms with E-state index < -0.39 is 0 Å². The fraction of sp³-hybridized carbons (Fsp3) is 0.800. The lowest BCUT2D eigenvalue weighted by atomic mass is 10.2. The van der Waals surface area contributed by atoms with Crippen LogP contribution >= 0.6 is 0 Å². The SMILES string of the molecule is O=C1CNC[C@@H](CO)N1. The second-order valence-corrected chi connectivity index (χ2v) is 2.08. The van der Waals surface area contributed by atoms with Crippen LogP contribution in [0.15, 0.2) is 0 Å². The molecule has 0 bridgehead atoms. The molecule has 0 aromatic rings. The minimum atomic E-state index is -0.0914. The smallest absolute Gasteiger partial charge is 0.234 e. The van der Waals surface area contributed by atoms with Gasteiger partial charge in [-0.2, -0.15) is 0 Å². The molecule has 1 amide bonds. The Morgan fingerprint density at radius 1 is 1.78 bits per heavy atom. The summed E-state index contributed by atoms with van der Waals surface area (Å²) < 4.78 is 0. The van der Waals surface area contributed by atoms with Crippen molar-refractivity contribution in [2.75, 3.05) is 19.7 Å². The van der Waals surface area contributed by atoms with Crippen molar-refractivity contribution in [1.29, 1.82) is 0 Å². The highest BCUT2D eigenvalue weighted by Crippen LogP contribution is 1.84. The predicted octanol–water partition coefficient (Wildman–Crippen LogP) is -1.93. The largest absolute Gasteiger partial charge is 0.394 e. The van der Waals surface area contributed by atoms with E-state index >= 15 is 0 Å². The summed E-state index contributed by atoms with van der Waals surface area (Å²) in [5, 5.41) is 14.0.